The van der Waals surface area contributed by atoms with Crippen LogP contribution in [-0.4, -0.2) is 49.7 Å². The van der Waals surface area contributed by atoms with Gasteiger partial charge in [0.1, 0.15) is 5.82 Å². The summed E-state index contributed by atoms with van der Waals surface area (Å²) in [6.07, 6.45) is 0.743. The number of hydrogen-bond donors (Lipinski definition) is 0. The highest BCUT2D eigenvalue weighted by atomic mass is 79.9. The maximum Gasteiger partial charge on any atom is 0.244 e. The molecule has 1 heterocycles. The Morgan fingerprint density at radius 2 is 1.74 bits per heavy atom. The van der Waals surface area contributed by atoms with Gasteiger partial charge in [-0.2, -0.15) is 4.31 Å². The predicted molar refractivity (Wildman–Crippen MR) is 104 cm³/mol. The van der Waals surface area contributed by atoms with Crippen molar-refractivity contribution in [1.29, 1.82) is 0 Å². The van der Waals surface area contributed by atoms with Gasteiger partial charge < -0.3 is 4.90 Å². The van der Waals surface area contributed by atoms with E-state index in [2.05, 4.69) is 15.9 Å². The summed E-state index contributed by atoms with van der Waals surface area (Å²) in [6, 6.07) is 12.9. The molecule has 2 aromatic rings. The number of aryl methyl sites for hydroxylation is 1. The lowest BCUT2D eigenvalue weighted by atomic mass is 10.1. The smallest absolute Gasteiger partial charge is 0.244 e. The third-order valence-electron chi connectivity index (χ3n) is 4.56. The van der Waals surface area contributed by atoms with Crippen molar-refractivity contribution in [1.82, 2.24) is 9.21 Å². The van der Waals surface area contributed by atoms with E-state index < -0.39 is 10.0 Å². The van der Waals surface area contributed by atoms with Crippen molar-refractivity contribution in [2.24, 2.45) is 0 Å². The first kappa shape index (κ1) is 20.0. The first-order valence-corrected chi connectivity index (χ1v) is 10.9. The van der Waals surface area contributed by atoms with Gasteiger partial charge in [0, 0.05) is 37.1 Å². The second kappa shape index (κ2) is 8.50. The topological polar surface area (TPSA) is 57.7 Å². The minimum atomic E-state index is -3.60. The first-order chi connectivity index (χ1) is 12.9. The molecule has 1 fully saturated rings. The zero-order valence-corrected chi connectivity index (χ0v) is 17.0. The Balaban J connectivity index is 1.57. The van der Waals surface area contributed by atoms with E-state index in [1.165, 1.54) is 16.4 Å². The van der Waals surface area contributed by atoms with Gasteiger partial charge in [-0.25, -0.2) is 12.8 Å². The normalized spacial score (nSPS) is 15.7. The highest BCUT2D eigenvalue weighted by Crippen LogP contribution is 2.25. The first-order valence-electron chi connectivity index (χ1n) is 8.65. The SMILES string of the molecule is O=C(CCc1cccc(F)c1)N1CCN(S(=O)(=O)c2ccccc2Br)CC1. The monoisotopic (exact) mass is 454 g/mol. The molecular weight excluding hydrogens is 435 g/mol. The summed E-state index contributed by atoms with van der Waals surface area (Å²) in [5, 5.41) is 0. The molecule has 1 aliphatic heterocycles. The number of piperazine rings is 1. The van der Waals surface area contributed by atoms with E-state index in [0.29, 0.717) is 24.0 Å². The van der Waals surface area contributed by atoms with E-state index in [9.17, 15) is 17.6 Å². The lowest BCUT2D eigenvalue weighted by Crippen LogP contribution is -2.50. The molecule has 8 heteroatoms. The molecule has 0 N–H and O–H groups in total. The number of amides is 1. The minimum Gasteiger partial charge on any atom is -0.340 e. The van der Waals surface area contributed by atoms with Crippen LogP contribution in [0.1, 0.15) is 12.0 Å². The molecule has 5 nitrogen and oxygen atoms in total. The van der Waals surface area contributed by atoms with Crippen molar-refractivity contribution in [2.75, 3.05) is 26.2 Å². The van der Waals surface area contributed by atoms with Gasteiger partial charge in [0.05, 0.1) is 4.90 Å². The fourth-order valence-electron chi connectivity index (χ4n) is 3.07. The van der Waals surface area contributed by atoms with Crippen molar-refractivity contribution in [3.8, 4) is 0 Å². The van der Waals surface area contributed by atoms with E-state index in [1.54, 1.807) is 41.3 Å². The van der Waals surface area contributed by atoms with Crippen LogP contribution in [0.15, 0.2) is 57.9 Å². The lowest BCUT2D eigenvalue weighted by molar-refractivity contribution is -0.132. The van der Waals surface area contributed by atoms with E-state index >= 15 is 0 Å². The molecule has 0 atom stereocenters. The third-order valence-corrected chi connectivity index (χ3v) is 7.47. The van der Waals surface area contributed by atoms with E-state index in [-0.39, 0.29) is 36.1 Å². The Hall–Kier alpha value is -1.77. The molecule has 27 heavy (non-hydrogen) atoms. The molecule has 0 bridgehead atoms. The Morgan fingerprint density at radius 3 is 2.41 bits per heavy atom. The van der Waals surface area contributed by atoms with Crippen molar-refractivity contribution < 1.29 is 17.6 Å². The molecule has 0 aliphatic carbocycles. The molecule has 0 saturated carbocycles. The average molecular weight is 455 g/mol. The van der Waals surface area contributed by atoms with Gasteiger partial charge in [0.15, 0.2) is 0 Å². The molecule has 1 amide bonds. The molecule has 0 radical (unpaired) electrons. The fourth-order valence-corrected chi connectivity index (χ4v) is 5.46. The molecule has 0 unspecified atom stereocenters. The summed E-state index contributed by atoms with van der Waals surface area (Å²) in [5.74, 6) is -0.358. The lowest BCUT2D eigenvalue weighted by Gasteiger charge is -2.34. The summed E-state index contributed by atoms with van der Waals surface area (Å²) < 4.78 is 40.7. The van der Waals surface area contributed by atoms with Crippen LogP contribution in [0.3, 0.4) is 0 Å². The van der Waals surface area contributed by atoms with Gasteiger partial charge in [-0.3, -0.25) is 4.79 Å². The number of hydrogen-bond acceptors (Lipinski definition) is 3. The van der Waals surface area contributed by atoms with E-state index in [1.807, 2.05) is 0 Å². The number of sulfonamides is 1. The third kappa shape index (κ3) is 4.75. The zero-order valence-electron chi connectivity index (χ0n) is 14.6. The molecule has 1 saturated heterocycles. The number of carbonyl (C=O) groups is 1. The minimum absolute atomic E-state index is 0.0443. The van der Waals surface area contributed by atoms with Crippen LogP contribution < -0.4 is 0 Å². The molecule has 0 aromatic heterocycles. The fraction of sp³-hybridized carbons (Fsp3) is 0.316. The van der Waals surface area contributed by atoms with Crippen LogP contribution in [0.4, 0.5) is 4.39 Å². The standard InChI is InChI=1S/C19H20BrFN2O3S/c20-17-6-1-2-7-18(17)27(25,26)23-12-10-22(11-13-23)19(24)9-8-15-4-3-5-16(21)14-15/h1-7,14H,8-13H2. The highest BCUT2D eigenvalue weighted by molar-refractivity contribution is 9.10. The van der Waals surface area contributed by atoms with Crippen LogP contribution in [0, 0.1) is 5.82 Å². The quantitative estimate of drug-likeness (QED) is 0.697. The summed E-state index contributed by atoms with van der Waals surface area (Å²) in [4.78, 5) is 14.3. The molecule has 3 rings (SSSR count). The van der Waals surface area contributed by atoms with Gasteiger partial charge in [-0.05, 0) is 52.2 Å². The van der Waals surface area contributed by atoms with Gasteiger partial charge in [0.25, 0.3) is 0 Å². The molecule has 0 spiro atoms. The highest BCUT2D eigenvalue weighted by Gasteiger charge is 2.31. The molecule has 144 valence electrons. The van der Waals surface area contributed by atoms with Crippen LogP contribution in [0.5, 0.6) is 0 Å². The van der Waals surface area contributed by atoms with Gasteiger partial charge in [-0.15, -0.1) is 0 Å². The van der Waals surface area contributed by atoms with Crippen molar-refractivity contribution in [3.63, 3.8) is 0 Å². The van der Waals surface area contributed by atoms with Gasteiger partial charge in [0.2, 0.25) is 15.9 Å². The number of carbonyl (C=O) groups excluding carboxylic acids is 1. The van der Waals surface area contributed by atoms with E-state index in [0.717, 1.165) is 5.56 Å². The van der Waals surface area contributed by atoms with Crippen molar-refractivity contribution in [3.05, 3.63) is 64.4 Å². The zero-order chi connectivity index (χ0) is 19.4. The Morgan fingerprint density at radius 1 is 1.04 bits per heavy atom. The second-order valence-corrected chi connectivity index (χ2v) is 9.11. The van der Waals surface area contributed by atoms with Crippen LogP contribution in [-0.2, 0) is 21.2 Å². The molecule has 2 aromatic carbocycles. The average Bonchev–Trinajstić information content (AvgIpc) is 2.66. The number of halogens is 2. The van der Waals surface area contributed by atoms with Crippen LogP contribution >= 0.6 is 15.9 Å². The maximum atomic E-state index is 13.2. The summed E-state index contributed by atoms with van der Waals surface area (Å²) >= 11 is 3.28. The molecule has 1 aliphatic rings. The summed E-state index contributed by atoms with van der Waals surface area (Å²) in [6.45, 7) is 1.22. The number of rotatable bonds is 5. The van der Waals surface area contributed by atoms with Gasteiger partial charge in [-0.1, -0.05) is 24.3 Å². The Bertz CT molecular complexity index is 928. The van der Waals surface area contributed by atoms with Gasteiger partial charge >= 0.3 is 0 Å². The summed E-state index contributed by atoms with van der Waals surface area (Å²) in [5.41, 5.74) is 0.776. The maximum absolute atomic E-state index is 13.2. The Kier molecular flexibility index (Phi) is 6.29. The predicted octanol–water partition coefficient (Wildman–Crippen LogP) is 3.05. The number of nitrogens with zero attached hydrogens (tertiary/aromatic N) is 2. The van der Waals surface area contributed by atoms with Crippen LogP contribution in [0.25, 0.3) is 0 Å². The van der Waals surface area contributed by atoms with Crippen LogP contribution in [0.2, 0.25) is 0 Å². The van der Waals surface area contributed by atoms with Crippen molar-refractivity contribution in [2.45, 2.75) is 17.7 Å². The largest absolute Gasteiger partial charge is 0.340 e. The number of benzene rings is 2. The summed E-state index contributed by atoms with van der Waals surface area (Å²) in [7, 11) is -3.60. The Labute approximate surface area is 167 Å². The second-order valence-electron chi connectivity index (χ2n) is 6.35. The van der Waals surface area contributed by atoms with E-state index in [4.69, 9.17) is 0 Å². The van der Waals surface area contributed by atoms with Crippen molar-refractivity contribution >= 4 is 31.9 Å². The molecular formula is C19H20BrFN2O3S.